The smallest absolute Gasteiger partial charge is 0.340 e. The van der Waals surface area contributed by atoms with Crippen LogP contribution in [0.15, 0.2) is 42.5 Å². The number of benzene rings is 2. The van der Waals surface area contributed by atoms with Gasteiger partial charge in [0.2, 0.25) is 0 Å². The Balaban J connectivity index is 1.57. The Hall–Kier alpha value is -2.86. The van der Waals surface area contributed by atoms with Gasteiger partial charge in [-0.3, -0.25) is 4.90 Å². The minimum absolute atomic E-state index is 0.222. The van der Waals surface area contributed by atoms with Crippen molar-refractivity contribution in [1.82, 2.24) is 4.90 Å². The van der Waals surface area contributed by atoms with Crippen molar-refractivity contribution in [3.8, 4) is 5.75 Å². The van der Waals surface area contributed by atoms with Crippen LogP contribution in [0.1, 0.15) is 44.7 Å². The van der Waals surface area contributed by atoms with Gasteiger partial charge >= 0.3 is 11.9 Å². The highest BCUT2D eigenvalue weighted by Crippen LogP contribution is 2.47. The molecule has 1 spiro atoms. The van der Waals surface area contributed by atoms with Gasteiger partial charge in [-0.25, -0.2) is 9.59 Å². The average molecular weight is 367 g/mol. The number of piperidine rings is 1. The minimum Gasteiger partial charge on any atom is -0.491 e. The molecule has 0 aliphatic carbocycles. The number of carboxylic acid groups (broad SMARTS) is 2. The van der Waals surface area contributed by atoms with Gasteiger partial charge in [-0.05, 0) is 37.6 Å². The first-order chi connectivity index (χ1) is 13.0. The molecule has 2 aliphatic heterocycles. The summed E-state index contributed by atoms with van der Waals surface area (Å²) in [6.07, 6.45) is 1.72. The topological polar surface area (TPSA) is 87.1 Å². The molecule has 4 rings (SSSR count). The van der Waals surface area contributed by atoms with E-state index in [1.165, 1.54) is 11.6 Å². The van der Waals surface area contributed by atoms with Gasteiger partial charge in [0.1, 0.15) is 11.3 Å². The third-order valence-corrected chi connectivity index (χ3v) is 5.73. The summed E-state index contributed by atoms with van der Waals surface area (Å²) in [6, 6.07) is 13.5. The quantitative estimate of drug-likeness (QED) is 0.864. The van der Waals surface area contributed by atoms with E-state index in [1.54, 1.807) is 6.07 Å². The van der Waals surface area contributed by atoms with E-state index in [2.05, 4.69) is 17.0 Å². The van der Waals surface area contributed by atoms with Crippen LogP contribution >= 0.6 is 0 Å². The molecule has 2 N–H and O–H groups in total. The Morgan fingerprint density at radius 1 is 1.00 bits per heavy atom. The van der Waals surface area contributed by atoms with Crippen molar-refractivity contribution < 1.29 is 24.5 Å². The second-order valence-corrected chi connectivity index (χ2v) is 7.31. The SMILES string of the molecule is O=C(O)c1ccc2c(c1C(=O)O)OCC21CCN(Cc2ccccc2)CC1. The fraction of sp³-hybridized carbons (Fsp3) is 0.333. The molecular formula is C21H21NO5. The van der Waals surface area contributed by atoms with Gasteiger partial charge in [0.25, 0.3) is 0 Å². The van der Waals surface area contributed by atoms with Gasteiger partial charge in [-0.15, -0.1) is 0 Å². The molecule has 2 aliphatic rings. The number of rotatable bonds is 4. The second kappa shape index (κ2) is 6.70. The number of aromatic carboxylic acids is 2. The van der Waals surface area contributed by atoms with E-state index in [0.717, 1.165) is 38.0 Å². The maximum absolute atomic E-state index is 11.7. The molecule has 0 amide bonds. The van der Waals surface area contributed by atoms with Crippen molar-refractivity contribution in [2.75, 3.05) is 19.7 Å². The highest BCUT2D eigenvalue weighted by Gasteiger charge is 2.45. The minimum atomic E-state index is -1.26. The Labute approximate surface area is 157 Å². The van der Waals surface area contributed by atoms with Crippen LogP contribution in [-0.4, -0.2) is 46.7 Å². The lowest BCUT2D eigenvalue weighted by Crippen LogP contribution is -2.43. The maximum atomic E-state index is 11.7. The summed E-state index contributed by atoms with van der Waals surface area (Å²) in [5.74, 6) is -2.28. The molecule has 0 aromatic heterocycles. The van der Waals surface area contributed by atoms with Crippen LogP contribution in [0.25, 0.3) is 0 Å². The average Bonchev–Trinajstić information content (AvgIpc) is 3.02. The first-order valence-electron chi connectivity index (χ1n) is 9.03. The first kappa shape index (κ1) is 17.5. The number of hydrogen-bond acceptors (Lipinski definition) is 4. The summed E-state index contributed by atoms with van der Waals surface area (Å²) in [7, 11) is 0. The number of hydrogen-bond donors (Lipinski definition) is 2. The van der Waals surface area contributed by atoms with Crippen LogP contribution in [0.3, 0.4) is 0 Å². The lowest BCUT2D eigenvalue weighted by atomic mass is 9.73. The largest absolute Gasteiger partial charge is 0.491 e. The van der Waals surface area contributed by atoms with Gasteiger partial charge in [0, 0.05) is 17.5 Å². The monoisotopic (exact) mass is 367 g/mol. The van der Waals surface area contributed by atoms with Crippen LogP contribution in [0.5, 0.6) is 5.75 Å². The Morgan fingerprint density at radius 2 is 1.70 bits per heavy atom. The standard InChI is InChI=1S/C21H21NO5/c23-19(24)15-6-7-16-18(17(15)20(25)26)27-13-21(16)8-10-22(11-9-21)12-14-4-2-1-3-5-14/h1-7H,8-13H2,(H,23,24)(H,25,26). The van der Waals surface area contributed by atoms with E-state index in [-0.39, 0.29) is 22.3 Å². The van der Waals surface area contributed by atoms with E-state index >= 15 is 0 Å². The molecule has 140 valence electrons. The summed E-state index contributed by atoms with van der Waals surface area (Å²) in [5.41, 5.74) is 1.42. The lowest BCUT2D eigenvalue weighted by molar-refractivity contribution is 0.0648. The highest BCUT2D eigenvalue weighted by atomic mass is 16.5. The van der Waals surface area contributed by atoms with Gasteiger partial charge in [0.05, 0.1) is 12.2 Å². The van der Waals surface area contributed by atoms with Crippen LogP contribution < -0.4 is 4.74 Å². The van der Waals surface area contributed by atoms with Crippen LogP contribution in [-0.2, 0) is 12.0 Å². The summed E-state index contributed by atoms with van der Waals surface area (Å²) in [6.45, 7) is 3.08. The zero-order chi connectivity index (χ0) is 19.0. The maximum Gasteiger partial charge on any atom is 0.340 e. The summed E-state index contributed by atoms with van der Waals surface area (Å²) in [5, 5.41) is 18.8. The highest BCUT2D eigenvalue weighted by molar-refractivity contribution is 6.04. The van der Waals surface area contributed by atoms with Gasteiger partial charge in [-0.2, -0.15) is 0 Å². The van der Waals surface area contributed by atoms with E-state index in [4.69, 9.17) is 4.74 Å². The van der Waals surface area contributed by atoms with Crippen LogP contribution in [0.2, 0.25) is 0 Å². The molecule has 1 saturated heterocycles. The molecule has 0 atom stereocenters. The number of likely N-dealkylation sites (tertiary alicyclic amines) is 1. The van der Waals surface area contributed by atoms with Crippen LogP contribution in [0.4, 0.5) is 0 Å². The number of carbonyl (C=O) groups is 2. The van der Waals surface area contributed by atoms with E-state index in [1.807, 2.05) is 18.2 Å². The van der Waals surface area contributed by atoms with Crippen LogP contribution in [0, 0.1) is 0 Å². The predicted molar refractivity (Wildman–Crippen MR) is 98.5 cm³/mol. The van der Waals surface area contributed by atoms with E-state index in [9.17, 15) is 19.8 Å². The molecule has 2 heterocycles. The summed E-state index contributed by atoms with van der Waals surface area (Å²) in [4.78, 5) is 25.4. The number of carboxylic acids is 2. The molecule has 0 saturated carbocycles. The fourth-order valence-electron chi connectivity index (χ4n) is 4.22. The number of fused-ring (bicyclic) bond motifs is 2. The molecule has 2 aromatic rings. The van der Waals surface area contributed by atoms with Crippen molar-refractivity contribution >= 4 is 11.9 Å². The van der Waals surface area contributed by atoms with Crippen molar-refractivity contribution in [2.24, 2.45) is 0 Å². The second-order valence-electron chi connectivity index (χ2n) is 7.31. The fourth-order valence-corrected chi connectivity index (χ4v) is 4.22. The lowest BCUT2D eigenvalue weighted by Gasteiger charge is -2.38. The molecule has 0 unspecified atom stereocenters. The first-order valence-corrected chi connectivity index (χ1v) is 9.03. The molecule has 0 radical (unpaired) electrons. The van der Waals surface area contributed by atoms with Crippen molar-refractivity contribution in [2.45, 2.75) is 24.8 Å². The Kier molecular flexibility index (Phi) is 4.36. The third kappa shape index (κ3) is 3.06. The Bertz CT molecular complexity index is 885. The van der Waals surface area contributed by atoms with Gasteiger partial charge < -0.3 is 14.9 Å². The van der Waals surface area contributed by atoms with E-state index in [0.29, 0.717) is 6.61 Å². The third-order valence-electron chi connectivity index (χ3n) is 5.73. The number of nitrogens with zero attached hydrogens (tertiary/aromatic N) is 1. The van der Waals surface area contributed by atoms with Gasteiger partial charge in [-0.1, -0.05) is 36.4 Å². The van der Waals surface area contributed by atoms with Crippen molar-refractivity contribution in [1.29, 1.82) is 0 Å². The summed E-state index contributed by atoms with van der Waals surface area (Å²) < 4.78 is 5.77. The molecule has 2 aromatic carbocycles. The summed E-state index contributed by atoms with van der Waals surface area (Å²) >= 11 is 0. The van der Waals surface area contributed by atoms with Crippen molar-refractivity contribution in [3.05, 3.63) is 64.7 Å². The molecule has 1 fully saturated rings. The predicted octanol–water partition coefficient (Wildman–Crippen LogP) is 3.01. The molecule has 6 nitrogen and oxygen atoms in total. The Morgan fingerprint density at radius 3 is 2.33 bits per heavy atom. The zero-order valence-corrected chi connectivity index (χ0v) is 14.9. The van der Waals surface area contributed by atoms with E-state index < -0.39 is 11.9 Å². The molecule has 27 heavy (non-hydrogen) atoms. The number of ether oxygens (including phenoxy) is 1. The molecule has 0 bridgehead atoms. The zero-order valence-electron chi connectivity index (χ0n) is 14.9. The molecular weight excluding hydrogens is 346 g/mol. The van der Waals surface area contributed by atoms with Gasteiger partial charge in [0.15, 0.2) is 0 Å². The molecule has 6 heteroatoms. The van der Waals surface area contributed by atoms with Crippen molar-refractivity contribution in [3.63, 3.8) is 0 Å². The normalized spacial score (nSPS) is 18.1.